The minimum Gasteiger partial charge on any atom is -0.493 e. The maximum absolute atomic E-state index is 9.38. The monoisotopic (exact) mass is 772 g/mol. The van der Waals surface area contributed by atoms with Gasteiger partial charge in [0.15, 0.2) is 0 Å². The minimum absolute atomic E-state index is 0.286. The number of rotatable bonds is 15. The van der Waals surface area contributed by atoms with Crippen molar-refractivity contribution in [1.29, 1.82) is 5.26 Å². The molecule has 1 saturated heterocycles. The Kier molecular flexibility index (Phi) is 11.9. The Morgan fingerprint density at radius 3 is 2.32 bits per heavy atom. The first-order valence-corrected chi connectivity index (χ1v) is 21.4. The van der Waals surface area contributed by atoms with Gasteiger partial charge < -0.3 is 19.5 Å². The van der Waals surface area contributed by atoms with Gasteiger partial charge in [-0.15, -0.1) is 0 Å². The molecule has 0 spiro atoms. The van der Waals surface area contributed by atoms with Crippen LogP contribution in [0.5, 0.6) is 17.2 Å². The van der Waals surface area contributed by atoms with Gasteiger partial charge in [0.1, 0.15) is 36.5 Å². The number of hydrogen-bond donors (Lipinski definition) is 1. The van der Waals surface area contributed by atoms with E-state index in [-0.39, 0.29) is 6.61 Å². The molecule has 294 valence electrons. The number of nitrogens with zero attached hydrogens (tertiary/aromatic N) is 3. The van der Waals surface area contributed by atoms with Gasteiger partial charge in [0, 0.05) is 47.7 Å². The van der Waals surface area contributed by atoms with Crippen LogP contribution in [0.2, 0.25) is 5.02 Å². The number of nitrogens with one attached hydrogen (secondary N) is 1. The first-order valence-electron chi connectivity index (χ1n) is 21.0. The summed E-state index contributed by atoms with van der Waals surface area (Å²) >= 11 is 6.95. The van der Waals surface area contributed by atoms with E-state index in [1.54, 1.807) is 12.4 Å². The van der Waals surface area contributed by atoms with Crippen LogP contribution in [0.1, 0.15) is 105 Å². The summed E-state index contributed by atoms with van der Waals surface area (Å²) in [5, 5.41) is 14.0. The summed E-state index contributed by atoms with van der Waals surface area (Å²) in [6, 6.07) is 21.2. The maximum Gasteiger partial charge on any atom is 0.142 e. The average molecular weight is 773 g/mol. The van der Waals surface area contributed by atoms with Crippen molar-refractivity contribution in [3.8, 4) is 34.4 Å². The fraction of sp³-hybridized carbons (Fsp3) is 0.500. The van der Waals surface area contributed by atoms with Crippen molar-refractivity contribution in [3.05, 3.63) is 105 Å². The summed E-state index contributed by atoms with van der Waals surface area (Å²) in [6.45, 7) is 10.8. The van der Waals surface area contributed by atoms with Crippen molar-refractivity contribution in [1.82, 2.24) is 15.2 Å². The van der Waals surface area contributed by atoms with E-state index in [0.717, 1.165) is 77.6 Å². The van der Waals surface area contributed by atoms with E-state index in [9.17, 15) is 5.26 Å². The van der Waals surface area contributed by atoms with Crippen LogP contribution in [0.15, 0.2) is 67.0 Å². The lowest BCUT2D eigenvalue weighted by Crippen LogP contribution is -2.58. The molecule has 3 aromatic carbocycles. The largest absolute Gasteiger partial charge is 0.493 e. The van der Waals surface area contributed by atoms with Crippen molar-refractivity contribution < 1.29 is 14.2 Å². The van der Waals surface area contributed by atoms with Gasteiger partial charge in [-0.1, -0.05) is 48.4 Å². The highest BCUT2D eigenvalue weighted by atomic mass is 35.5. The highest BCUT2D eigenvalue weighted by Crippen LogP contribution is 2.55. The lowest BCUT2D eigenvalue weighted by molar-refractivity contribution is -0.0198. The summed E-state index contributed by atoms with van der Waals surface area (Å²) < 4.78 is 19.3. The third-order valence-corrected chi connectivity index (χ3v) is 13.6. The van der Waals surface area contributed by atoms with Crippen LogP contribution in [-0.2, 0) is 19.8 Å². The number of ether oxygens (including phenoxy) is 3. The van der Waals surface area contributed by atoms with Crippen LogP contribution in [0.25, 0.3) is 11.1 Å². The molecule has 0 amide bonds. The van der Waals surface area contributed by atoms with Gasteiger partial charge in [0.05, 0.1) is 17.2 Å². The van der Waals surface area contributed by atoms with Crippen molar-refractivity contribution >= 4 is 11.6 Å². The number of pyridine rings is 1. The molecule has 0 unspecified atom stereocenters. The summed E-state index contributed by atoms with van der Waals surface area (Å²) in [6.07, 6.45) is 16.5. The zero-order chi connectivity index (χ0) is 38.6. The summed E-state index contributed by atoms with van der Waals surface area (Å²) in [7, 11) is 0. The van der Waals surface area contributed by atoms with Gasteiger partial charge in [0.2, 0.25) is 0 Å². The molecule has 1 atom stereocenters. The number of benzene rings is 3. The normalized spacial score (nSPS) is 24.2. The molecular weight excluding hydrogens is 716 g/mol. The Bertz CT molecular complexity index is 2020. The molecule has 4 aromatic rings. The number of hydrogen-bond acceptors (Lipinski definition) is 7. The first kappa shape index (κ1) is 38.8. The molecule has 5 fully saturated rings. The quantitative estimate of drug-likeness (QED) is 0.121. The standard InChI is InChI=1S/C48H57ClN4O3/c1-32-9-4-5-15-53(32)29-41-21-44(49)47(22-46(41)55-30-39-20-38(26-50)27-51-28-39)56-31-40-10-6-11-42(33(40)2)43-12-7-13-45(34(43)3)54-16-8-14-52-48-23-35-17-36(24-48)19-37(18-35)25-48/h6-7,10-13,20-22,27-28,32,35-37,52H,4-5,8-9,14-19,23-25,29-31H2,1-3H3/t32-,35?,36?,37?,48?/m1/s1. The number of halogens is 1. The minimum atomic E-state index is 0.286. The van der Waals surface area contributed by atoms with Gasteiger partial charge in [-0.05, 0) is 155 Å². The molecule has 7 nitrogen and oxygen atoms in total. The summed E-state index contributed by atoms with van der Waals surface area (Å²) in [5.74, 6) is 5.14. The van der Waals surface area contributed by atoms with Crippen LogP contribution in [-0.4, -0.2) is 41.2 Å². The highest BCUT2D eigenvalue weighted by Gasteiger charge is 2.50. The third-order valence-electron chi connectivity index (χ3n) is 13.3. The predicted octanol–water partition coefficient (Wildman–Crippen LogP) is 10.8. The first-order chi connectivity index (χ1) is 27.3. The van der Waals surface area contributed by atoms with Gasteiger partial charge in [-0.3, -0.25) is 9.88 Å². The topological polar surface area (TPSA) is 79.6 Å². The van der Waals surface area contributed by atoms with Crippen LogP contribution >= 0.6 is 11.6 Å². The fourth-order valence-electron chi connectivity index (χ4n) is 10.6. The number of likely N-dealkylation sites (tertiary alicyclic amines) is 1. The second kappa shape index (κ2) is 17.2. The molecule has 56 heavy (non-hydrogen) atoms. The second-order valence-corrected chi connectivity index (χ2v) is 17.7. The van der Waals surface area contributed by atoms with E-state index in [0.29, 0.717) is 41.1 Å². The molecule has 0 radical (unpaired) electrons. The fourth-order valence-corrected chi connectivity index (χ4v) is 10.9. The zero-order valence-corrected chi connectivity index (χ0v) is 34.2. The van der Waals surface area contributed by atoms with E-state index in [2.05, 4.69) is 78.4 Å². The Balaban J connectivity index is 0.928. The van der Waals surface area contributed by atoms with E-state index in [4.69, 9.17) is 25.8 Å². The van der Waals surface area contributed by atoms with E-state index in [1.165, 1.54) is 74.5 Å². The zero-order valence-electron chi connectivity index (χ0n) is 33.4. The molecule has 9 rings (SSSR count). The second-order valence-electron chi connectivity index (χ2n) is 17.3. The maximum atomic E-state index is 9.38. The molecule has 2 heterocycles. The number of aromatic nitrogens is 1. The Morgan fingerprint density at radius 2 is 1.57 bits per heavy atom. The molecule has 1 aromatic heterocycles. The average Bonchev–Trinajstić information content (AvgIpc) is 3.18. The smallest absolute Gasteiger partial charge is 0.142 e. The van der Waals surface area contributed by atoms with Crippen molar-refractivity contribution in [3.63, 3.8) is 0 Å². The molecule has 4 bridgehead atoms. The Morgan fingerprint density at radius 1 is 0.839 bits per heavy atom. The molecule has 8 heteroatoms. The van der Waals surface area contributed by atoms with Gasteiger partial charge in [-0.2, -0.15) is 5.26 Å². The van der Waals surface area contributed by atoms with E-state index < -0.39 is 0 Å². The van der Waals surface area contributed by atoms with E-state index >= 15 is 0 Å². The number of nitriles is 1. The van der Waals surface area contributed by atoms with Crippen LogP contribution < -0.4 is 19.5 Å². The van der Waals surface area contributed by atoms with Gasteiger partial charge >= 0.3 is 0 Å². The van der Waals surface area contributed by atoms with Gasteiger partial charge in [0.25, 0.3) is 0 Å². The highest BCUT2D eigenvalue weighted by molar-refractivity contribution is 6.32. The molecule has 4 aliphatic carbocycles. The van der Waals surface area contributed by atoms with Gasteiger partial charge in [-0.25, -0.2) is 0 Å². The predicted molar refractivity (Wildman–Crippen MR) is 223 cm³/mol. The Labute approximate surface area is 338 Å². The molecule has 1 N–H and O–H groups in total. The number of piperidine rings is 1. The van der Waals surface area contributed by atoms with Crippen LogP contribution in [0.3, 0.4) is 0 Å². The Hall–Kier alpha value is -4.09. The molecular formula is C48H57ClN4O3. The van der Waals surface area contributed by atoms with Crippen molar-refractivity contribution in [2.24, 2.45) is 17.8 Å². The van der Waals surface area contributed by atoms with Crippen molar-refractivity contribution in [2.45, 2.75) is 116 Å². The third kappa shape index (κ3) is 8.74. The molecule has 4 saturated carbocycles. The SMILES string of the molecule is Cc1c(COc2cc(OCc3cncc(C#N)c3)c(CN3CCCC[C@H]3C)cc2Cl)cccc1-c1cccc(OCCCNC23CC4CC(CC(C4)C2)C3)c1C. The summed E-state index contributed by atoms with van der Waals surface area (Å²) in [5.41, 5.74) is 8.53. The summed E-state index contributed by atoms with van der Waals surface area (Å²) in [4.78, 5) is 6.71. The lowest BCUT2D eigenvalue weighted by Gasteiger charge is -2.57. The van der Waals surface area contributed by atoms with Crippen molar-refractivity contribution in [2.75, 3.05) is 19.7 Å². The molecule has 5 aliphatic rings. The van der Waals surface area contributed by atoms with E-state index in [1.807, 2.05) is 18.2 Å². The van der Waals surface area contributed by atoms with Crippen LogP contribution in [0, 0.1) is 42.9 Å². The van der Waals surface area contributed by atoms with Crippen LogP contribution in [0.4, 0.5) is 0 Å². The lowest BCUT2D eigenvalue weighted by atomic mass is 9.53. The molecule has 1 aliphatic heterocycles.